The van der Waals surface area contributed by atoms with Gasteiger partial charge in [0, 0.05) is 12.7 Å². The second-order valence-electron chi connectivity index (χ2n) is 4.22. The van der Waals surface area contributed by atoms with Crippen molar-refractivity contribution in [2.75, 3.05) is 6.54 Å². The van der Waals surface area contributed by atoms with Gasteiger partial charge in [0.15, 0.2) is 0 Å². The molecular weight excluding hydrogens is 271 g/mol. The van der Waals surface area contributed by atoms with Crippen LogP contribution in [0.4, 0.5) is 9.18 Å². The SMILES string of the molecule is O=C(NCC=Cc1ncccc1F)OCc1ccccc1. The average molecular weight is 286 g/mol. The third kappa shape index (κ3) is 5.06. The van der Waals surface area contributed by atoms with Gasteiger partial charge in [-0.05, 0) is 23.8 Å². The van der Waals surface area contributed by atoms with Gasteiger partial charge >= 0.3 is 6.09 Å². The second-order valence-corrected chi connectivity index (χ2v) is 4.22. The van der Waals surface area contributed by atoms with Crippen molar-refractivity contribution >= 4 is 12.2 Å². The van der Waals surface area contributed by atoms with E-state index >= 15 is 0 Å². The monoisotopic (exact) mass is 286 g/mol. The predicted octanol–water partition coefficient (Wildman–Crippen LogP) is 3.16. The number of nitrogens with zero attached hydrogens (tertiary/aromatic N) is 1. The molecule has 0 aliphatic rings. The molecule has 4 nitrogen and oxygen atoms in total. The van der Waals surface area contributed by atoms with Crippen molar-refractivity contribution in [2.24, 2.45) is 0 Å². The maximum absolute atomic E-state index is 13.3. The van der Waals surface area contributed by atoms with E-state index in [1.54, 1.807) is 6.08 Å². The minimum atomic E-state index is -0.523. The molecule has 0 unspecified atom stereocenters. The van der Waals surface area contributed by atoms with Crippen LogP contribution >= 0.6 is 0 Å². The number of alkyl carbamates (subject to hydrolysis) is 1. The molecule has 5 heteroatoms. The zero-order valence-electron chi connectivity index (χ0n) is 11.3. The molecule has 21 heavy (non-hydrogen) atoms. The van der Waals surface area contributed by atoms with Crippen molar-refractivity contribution in [3.05, 3.63) is 71.8 Å². The molecule has 0 spiro atoms. The average Bonchev–Trinajstić information content (AvgIpc) is 2.52. The molecule has 0 atom stereocenters. The number of rotatable bonds is 5. The lowest BCUT2D eigenvalue weighted by molar-refractivity contribution is 0.141. The quantitative estimate of drug-likeness (QED) is 0.918. The number of amides is 1. The van der Waals surface area contributed by atoms with Crippen LogP contribution in [0.1, 0.15) is 11.3 Å². The van der Waals surface area contributed by atoms with Gasteiger partial charge in [-0.15, -0.1) is 0 Å². The molecule has 2 rings (SSSR count). The molecule has 0 bridgehead atoms. The molecule has 1 heterocycles. The van der Waals surface area contributed by atoms with Crippen molar-refractivity contribution < 1.29 is 13.9 Å². The van der Waals surface area contributed by atoms with Crippen LogP contribution < -0.4 is 5.32 Å². The van der Waals surface area contributed by atoms with Crippen molar-refractivity contribution in [1.82, 2.24) is 10.3 Å². The van der Waals surface area contributed by atoms with Crippen LogP contribution in [0.15, 0.2) is 54.7 Å². The lowest BCUT2D eigenvalue weighted by atomic mass is 10.2. The summed E-state index contributed by atoms with van der Waals surface area (Å²) in [5, 5.41) is 2.54. The van der Waals surface area contributed by atoms with Crippen LogP contribution in [0.3, 0.4) is 0 Å². The molecule has 1 aromatic heterocycles. The maximum atomic E-state index is 13.3. The highest BCUT2D eigenvalue weighted by Crippen LogP contribution is 2.04. The maximum Gasteiger partial charge on any atom is 0.407 e. The Hall–Kier alpha value is -2.69. The van der Waals surface area contributed by atoms with Gasteiger partial charge in [-0.3, -0.25) is 4.98 Å². The van der Waals surface area contributed by atoms with Crippen LogP contribution in [-0.4, -0.2) is 17.6 Å². The zero-order valence-corrected chi connectivity index (χ0v) is 11.3. The van der Waals surface area contributed by atoms with Crippen molar-refractivity contribution in [3.8, 4) is 0 Å². The van der Waals surface area contributed by atoms with Crippen LogP contribution in [0.25, 0.3) is 6.08 Å². The lowest BCUT2D eigenvalue weighted by Gasteiger charge is -2.05. The molecule has 2 aromatic rings. The number of ether oxygens (including phenoxy) is 1. The van der Waals surface area contributed by atoms with Gasteiger partial charge in [0.05, 0.1) is 5.69 Å². The largest absolute Gasteiger partial charge is 0.445 e. The fourth-order valence-corrected chi connectivity index (χ4v) is 1.61. The Morgan fingerprint density at radius 3 is 2.81 bits per heavy atom. The summed E-state index contributed by atoms with van der Waals surface area (Å²) in [6, 6.07) is 12.2. The number of halogens is 1. The standard InChI is InChI=1S/C16H15FN2O2/c17-14-8-4-10-18-15(14)9-5-11-19-16(20)21-12-13-6-2-1-3-7-13/h1-10H,11-12H2,(H,19,20). The molecule has 1 aromatic carbocycles. The second kappa shape index (κ2) is 7.79. The van der Waals surface area contributed by atoms with Crippen molar-refractivity contribution in [2.45, 2.75) is 6.61 Å². The van der Waals surface area contributed by atoms with E-state index in [-0.39, 0.29) is 18.8 Å². The van der Waals surface area contributed by atoms with Crippen LogP contribution in [0, 0.1) is 5.82 Å². The third-order valence-electron chi connectivity index (χ3n) is 2.64. The van der Waals surface area contributed by atoms with Gasteiger partial charge in [-0.2, -0.15) is 0 Å². The van der Waals surface area contributed by atoms with Crippen molar-refractivity contribution in [3.63, 3.8) is 0 Å². The van der Waals surface area contributed by atoms with E-state index in [0.717, 1.165) is 5.56 Å². The van der Waals surface area contributed by atoms with E-state index in [0.29, 0.717) is 0 Å². The third-order valence-corrected chi connectivity index (χ3v) is 2.64. The molecular formula is C16H15FN2O2. The molecule has 0 saturated carbocycles. The van der Waals surface area contributed by atoms with Gasteiger partial charge in [0.2, 0.25) is 0 Å². The Morgan fingerprint density at radius 1 is 1.24 bits per heavy atom. The lowest BCUT2D eigenvalue weighted by Crippen LogP contribution is -2.24. The number of carbonyl (C=O) groups excluding carboxylic acids is 1. The van der Waals surface area contributed by atoms with Crippen LogP contribution in [0.5, 0.6) is 0 Å². The van der Waals surface area contributed by atoms with E-state index in [9.17, 15) is 9.18 Å². The fourth-order valence-electron chi connectivity index (χ4n) is 1.61. The summed E-state index contributed by atoms with van der Waals surface area (Å²) in [7, 11) is 0. The molecule has 0 fully saturated rings. The Balaban J connectivity index is 1.71. The molecule has 1 N–H and O–H groups in total. The van der Waals surface area contributed by atoms with Gasteiger partial charge in [0.1, 0.15) is 12.4 Å². The number of nitrogens with one attached hydrogen (secondary N) is 1. The summed E-state index contributed by atoms with van der Waals surface area (Å²) in [5.41, 5.74) is 1.15. The summed E-state index contributed by atoms with van der Waals surface area (Å²) in [5.74, 6) is -0.402. The number of pyridine rings is 1. The van der Waals surface area contributed by atoms with Crippen molar-refractivity contribution in [1.29, 1.82) is 0 Å². The number of carbonyl (C=O) groups is 1. The van der Waals surface area contributed by atoms with E-state index in [1.165, 1.54) is 24.4 Å². The summed E-state index contributed by atoms with van der Waals surface area (Å²) in [4.78, 5) is 15.3. The summed E-state index contributed by atoms with van der Waals surface area (Å²) >= 11 is 0. The van der Waals surface area contributed by atoms with Crippen LogP contribution in [0.2, 0.25) is 0 Å². The molecule has 0 radical (unpaired) electrons. The number of hydrogen-bond acceptors (Lipinski definition) is 3. The van der Waals surface area contributed by atoms with Gasteiger partial charge in [-0.25, -0.2) is 9.18 Å². The molecule has 0 saturated heterocycles. The number of benzene rings is 1. The first-order chi connectivity index (χ1) is 10.3. The summed E-state index contributed by atoms with van der Waals surface area (Å²) in [6.45, 7) is 0.453. The van der Waals surface area contributed by atoms with E-state index in [1.807, 2.05) is 30.3 Å². The minimum Gasteiger partial charge on any atom is -0.445 e. The normalized spacial score (nSPS) is 10.5. The Bertz CT molecular complexity index is 615. The minimum absolute atomic E-state index is 0.214. The smallest absolute Gasteiger partial charge is 0.407 e. The Morgan fingerprint density at radius 2 is 2.05 bits per heavy atom. The van der Waals surface area contributed by atoms with E-state index in [2.05, 4.69) is 10.3 Å². The van der Waals surface area contributed by atoms with Gasteiger partial charge in [-0.1, -0.05) is 36.4 Å². The highest BCUT2D eigenvalue weighted by molar-refractivity contribution is 5.67. The van der Waals surface area contributed by atoms with Crippen LogP contribution in [-0.2, 0) is 11.3 Å². The Kier molecular flexibility index (Phi) is 5.46. The first kappa shape index (κ1) is 14.7. The zero-order chi connectivity index (χ0) is 14.9. The molecule has 0 aliphatic carbocycles. The molecule has 1 amide bonds. The number of aromatic nitrogens is 1. The predicted molar refractivity (Wildman–Crippen MR) is 77.9 cm³/mol. The summed E-state index contributed by atoms with van der Waals surface area (Å²) < 4.78 is 18.3. The fraction of sp³-hybridized carbons (Fsp3) is 0.125. The highest BCUT2D eigenvalue weighted by Gasteiger charge is 2.01. The molecule has 108 valence electrons. The molecule has 0 aliphatic heterocycles. The number of hydrogen-bond donors (Lipinski definition) is 1. The topological polar surface area (TPSA) is 51.2 Å². The first-order valence-electron chi connectivity index (χ1n) is 6.47. The van der Waals surface area contributed by atoms with E-state index in [4.69, 9.17) is 4.74 Å². The van der Waals surface area contributed by atoms with E-state index < -0.39 is 11.9 Å². The van der Waals surface area contributed by atoms with Gasteiger partial charge < -0.3 is 10.1 Å². The summed E-state index contributed by atoms with van der Waals surface area (Å²) in [6.07, 6.45) is 4.09. The highest BCUT2D eigenvalue weighted by atomic mass is 19.1. The first-order valence-corrected chi connectivity index (χ1v) is 6.47. The van der Waals surface area contributed by atoms with Gasteiger partial charge in [0.25, 0.3) is 0 Å². The Labute approximate surface area is 122 Å².